The van der Waals surface area contributed by atoms with Crippen molar-refractivity contribution < 1.29 is 4.79 Å². The van der Waals surface area contributed by atoms with Gasteiger partial charge in [0.05, 0.1) is 6.54 Å². The van der Waals surface area contributed by atoms with E-state index < -0.39 is 0 Å². The summed E-state index contributed by atoms with van der Waals surface area (Å²) in [5, 5.41) is 0. The third-order valence-electron chi connectivity index (χ3n) is 1.76. The van der Waals surface area contributed by atoms with Crippen LogP contribution >= 0.6 is 11.3 Å². The third-order valence-corrected chi connectivity index (χ3v) is 2.75. The second-order valence-electron chi connectivity index (χ2n) is 2.80. The topological polar surface area (TPSA) is 39.1 Å². The minimum Gasteiger partial charge on any atom is -0.298 e. The zero-order chi connectivity index (χ0) is 9.30. The van der Waals surface area contributed by atoms with Crippen LogP contribution in [0.4, 0.5) is 0 Å². The smallest absolute Gasteiger partial charge is 0.298 e. The molecule has 66 valence electrons. The highest BCUT2D eigenvalue weighted by molar-refractivity contribution is 7.09. The molecule has 0 spiro atoms. The van der Waals surface area contributed by atoms with Crippen LogP contribution in [0.3, 0.4) is 0 Å². The first-order chi connectivity index (χ1) is 5.52. The highest BCUT2D eigenvalue weighted by Crippen LogP contribution is 2.08. The zero-order valence-electron chi connectivity index (χ0n) is 7.38. The van der Waals surface area contributed by atoms with E-state index in [1.165, 1.54) is 22.8 Å². The van der Waals surface area contributed by atoms with E-state index in [1.807, 2.05) is 13.8 Å². The molecule has 0 N–H and O–H groups in total. The van der Waals surface area contributed by atoms with Gasteiger partial charge in [0.15, 0.2) is 0 Å². The molecule has 0 fully saturated rings. The molecule has 4 heteroatoms. The molecule has 0 bridgehead atoms. The summed E-state index contributed by atoms with van der Waals surface area (Å²) in [4.78, 5) is 22.9. The minimum atomic E-state index is -0.0415. The van der Waals surface area contributed by atoms with Gasteiger partial charge in [0.2, 0.25) is 0 Å². The first-order valence-corrected chi connectivity index (χ1v) is 4.50. The van der Waals surface area contributed by atoms with Gasteiger partial charge < -0.3 is 0 Å². The molecule has 0 saturated carbocycles. The van der Waals surface area contributed by atoms with Gasteiger partial charge in [-0.25, -0.2) is 0 Å². The first kappa shape index (κ1) is 9.19. The van der Waals surface area contributed by atoms with Crippen LogP contribution in [-0.2, 0) is 11.3 Å². The van der Waals surface area contributed by atoms with Gasteiger partial charge in [0.1, 0.15) is 5.78 Å². The normalized spacial score (nSPS) is 10.2. The lowest BCUT2D eigenvalue weighted by atomic mass is 10.4. The Labute approximate surface area is 74.6 Å². The van der Waals surface area contributed by atoms with Gasteiger partial charge in [-0.2, -0.15) is 0 Å². The zero-order valence-corrected chi connectivity index (χ0v) is 8.20. The summed E-state index contributed by atoms with van der Waals surface area (Å²) in [5.74, 6) is 0.0120. The van der Waals surface area contributed by atoms with Crippen molar-refractivity contribution >= 4 is 17.1 Å². The Morgan fingerprint density at radius 2 is 2.08 bits per heavy atom. The van der Waals surface area contributed by atoms with Crippen molar-refractivity contribution in [1.29, 1.82) is 0 Å². The predicted molar refractivity (Wildman–Crippen MR) is 48.7 cm³/mol. The molecule has 3 nitrogen and oxygen atoms in total. The molecule has 0 saturated heterocycles. The fraction of sp³-hybridized carbons (Fsp3) is 0.500. The third kappa shape index (κ3) is 1.64. The Morgan fingerprint density at radius 3 is 2.42 bits per heavy atom. The summed E-state index contributed by atoms with van der Waals surface area (Å²) in [5.41, 5.74) is 0.903. The fourth-order valence-corrected chi connectivity index (χ4v) is 1.82. The van der Waals surface area contributed by atoms with Crippen LogP contribution in [-0.4, -0.2) is 10.4 Å². The Bertz CT molecular complexity index is 362. The van der Waals surface area contributed by atoms with Crippen LogP contribution in [0.15, 0.2) is 4.79 Å². The molecule has 0 aliphatic carbocycles. The van der Waals surface area contributed by atoms with Crippen molar-refractivity contribution in [1.82, 2.24) is 4.57 Å². The van der Waals surface area contributed by atoms with Gasteiger partial charge in [-0.05, 0) is 20.8 Å². The second-order valence-corrected chi connectivity index (χ2v) is 3.96. The number of Topliss-reactive ketones (excluding diaryl/α,β-unsaturated/α-hetero) is 1. The van der Waals surface area contributed by atoms with Crippen molar-refractivity contribution in [3.05, 3.63) is 20.2 Å². The Morgan fingerprint density at radius 1 is 1.50 bits per heavy atom. The van der Waals surface area contributed by atoms with Crippen LogP contribution in [0.5, 0.6) is 0 Å². The average Bonchev–Trinajstić information content (AvgIpc) is 2.16. The maximum absolute atomic E-state index is 11.2. The second kappa shape index (κ2) is 3.23. The fourth-order valence-electron chi connectivity index (χ4n) is 0.993. The number of hydrogen-bond acceptors (Lipinski definition) is 3. The van der Waals surface area contributed by atoms with Crippen LogP contribution < -0.4 is 4.87 Å². The summed E-state index contributed by atoms with van der Waals surface area (Å²) in [6.07, 6.45) is 0. The molecule has 1 rings (SSSR count). The van der Waals surface area contributed by atoms with Gasteiger partial charge in [0.25, 0.3) is 0 Å². The van der Waals surface area contributed by atoms with E-state index in [2.05, 4.69) is 0 Å². The lowest BCUT2D eigenvalue weighted by molar-refractivity contribution is -0.117. The summed E-state index contributed by atoms with van der Waals surface area (Å²) in [6, 6.07) is 0. The van der Waals surface area contributed by atoms with E-state index in [1.54, 1.807) is 0 Å². The molecule has 0 radical (unpaired) electrons. The van der Waals surface area contributed by atoms with E-state index in [-0.39, 0.29) is 17.2 Å². The van der Waals surface area contributed by atoms with Crippen molar-refractivity contribution in [3.8, 4) is 0 Å². The monoisotopic (exact) mass is 185 g/mol. The first-order valence-electron chi connectivity index (χ1n) is 3.68. The van der Waals surface area contributed by atoms with Crippen LogP contribution in [0.2, 0.25) is 0 Å². The Kier molecular flexibility index (Phi) is 2.47. The largest absolute Gasteiger partial charge is 0.307 e. The molecule has 0 atom stereocenters. The Hall–Kier alpha value is -0.900. The summed E-state index contributed by atoms with van der Waals surface area (Å²) < 4.78 is 1.52. The molecule has 12 heavy (non-hydrogen) atoms. The molecule has 0 aromatic carbocycles. The van der Waals surface area contributed by atoms with Crippen molar-refractivity contribution in [2.45, 2.75) is 27.3 Å². The summed E-state index contributed by atoms with van der Waals surface area (Å²) in [6.45, 7) is 5.43. The van der Waals surface area contributed by atoms with Crippen molar-refractivity contribution in [2.75, 3.05) is 0 Å². The summed E-state index contributed by atoms with van der Waals surface area (Å²) in [7, 11) is 0. The highest BCUT2D eigenvalue weighted by atomic mass is 32.1. The number of aryl methyl sites for hydroxylation is 1. The molecule has 1 aromatic rings. The van der Waals surface area contributed by atoms with Gasteiger partial charge in [0, 0.05) is 10.6 Å². The maximum atomic E-state index is 11.2. The number of carbonyl (C=O) groups excluding carboxylic acids is 1. The van der Waals surface area contributed by atoms with Gasteiger partial charge in [-0.1, -0.05) is 11.3 Å². The lowest BCUT2D eigenvalue weighted by Gasteiger charge is -1.99. The number of thiazole rings is 1. The molecule has 1 aromatic heterocycles. The van der Waals surface area contributed by atoms with Gasteiger partial charge >= 0.3 is 4.87 Å². The van der Waals surface area contributed by atoms with Crippen molar-refractivity contribution in [3.63, 3.8) is 0 Å². The number of carbonyl (C=O) groups is 1. The average molecular weight is 185 g/mol. The SMILES string of the molecule is CC(=O)Cn1c(C)c(C)sc1=O. The number of nitrogens with zero attached hydrogens (tertiary/aromatic N) is 1. The van der Waals surface area contributed by atoms with E-state index in [9.17, 15) is 9.59 Å². The molecule has 0 aliphatic rings. The number of hydrogen-bond donors (Lipinski definition) is 0. The van der Waals surface area contributed by atoms with E-state index in [0.717, 1.165) is 10.6 Å². The number of rotatable bonds is 2. The predicted octanol–water partition coefficient (Wildman–Crippen LogP) is 1.12. The van der Waals surface area contributed by atoms with Crippen molar-refractivity contribution in [2.24, 2.45) is 0 Å². The maximum Gasteiger partial charge on any atom is 0.307 e. The van der Waals surface area contributed by atoms with Crippen LogP contribution in [0.1, 0.15) is 17.5 Å². The van der Waals surface area contributed by atoms with Gasteiger partial charge in [-0.15, -0.1) is 0 Å². The van der Waals surface area contributed by atoms with E-state index >= 15 is 0 Å². The summed E-state index contributed by atoms with van der Waals surface area (Å²) >= 11 is 1.19. The highest BCUT2D eigenvalue weighted by Gasteiger charge is 2.07. The molecule has 1 heterocycles. The molecule has 0 aliphatic heterocycles. The molecular formula is C8H11NO2S. The van der Waals surface area contributed by atoms with Crippen LogP contribution in [0, 0.1) is 13.8 Å². The van der Waals surface area contributed by atoms with E-state index in [0.29, 0.717) is 0 Å². The number of aromatic nitrogens is 1. The molecule has 0 unspecified atom stereocenters. The standard InChI is InChI=1S/C8H11NO2S/c1-5(10)4-9-6(2)7(3)12-8(9)11/h4H2,1-3H3. The minimum absolute atomic E-state index is 0.0120. The molecular weight excluding hydrogens is 174 g/mol. The van der Waals surface area contributed by atoms with Gasteiger partial charge in [-0.3, -0.25) is 14.2 Å². The van der Waals surface area contributed by atoms with Crippen LogP contribution in [0.25, 0.3) is 0 Å². The quantitative estimate of drug-likeness (QED) is 0.692. The van der Waals surface area contributed by atoms with E-state index in [4.69, 9.17) is 0 Å². The lowest BCUT2D eigenvalue weighted by Crippen LogP contribution is -2.18. The Balaban J connectivity index is 3.14. The molecule has 0 amide bonds. The number of ketones is 1.